The number of amides is 2. The van der Waals surface area contributed by atoms with E-state index in [1.54, 1.807) is 60.7 Å². The molecule has 0 saturated carbocycles. The SMILES string of the molecule is Cc1ccc(NC(=O)COc2ccc(/C=N\NC(=O)CN(c3ccc(Oc4ccccc4)cc3)S(C)(=O)=O)cc2)cc1. The molecule has 0 aliphatic rings. The van der Waals surface area contributed by atoms with Gasteiger partial charge in [-0.15, -0.1) is 0 Å². The quantitative estimate of drug-likeness (QED) is 0.183. The van der Waals surface area contributed by atoms with Crippen molar-refractivity contribution in [2.24, 2.45) is 5.10 Å². The van der Waals surface area contributed by atoms with Crippen LogP contribution in [0.4, 0.5) is 11.4 Å². The zero-order valence-electron chi connectivity index (χ0n) is 23.1. The lowest BCUT2D eigenvalue weighted by atomic mass is 10.2. The number of ether oxygens (including phenoxy) is 2. The number of hydrogen-bond acceptors (Lipinski definition) is 7. The Hall–Kier alpha value is -5.16. The predicted octanol–water partition coefficient (Wildman–Crippen LogP) is 4.72. The first-order chi connectivity index (χ1) is 20.2. The van der Waals surface area contributed by atoms with Crippen molar-refractivity contribution in [3.05, 3.63) is 114 Å². The Kier molecular flexibility index (Phi) is 9.90. The number of hydrogen-bond donors (Lipinski definition) is 2. The van der Waals surface area contributed by atoms with Crippen molar-refractivity contribution in [1.29, 1.82) is 0 Å². The molecule has 0 bridgehead atoms. The molecule has 2 amide bonds. The van der Waals surface area contributed by atoms with Crippen molar-refractivity contribution in [2.75, 3.05) is 29.0 Å². The fourth-order valence-corrected chi connectivity index (χ4v) is 4.54. The molecule has 0 saturated heterocycles. The van der Waals surface area contributed by atoms with E-state index in [1.807, 2.05) is 49.4 Å². The smallest absolute Gasteiger partial charge is 0.262 e. The standard InChI is InChI=1S/C31H30N4O6S/c1-23-8-12-25(13-9-23)33-31(37)22-40-27-16-10-24(11-17-27)20-32-34-30(36)21-35(42(2,38)39)26-14-18-29(19-15-26)41-28-6-4-3-5-7-28/h3-20H,21-22H2,1-2H3,(H,33,37)(H,34,36)/b32-20-. The van der Waals surface area contributed by atoms with E-state index < -0.39 is 22.5 Å². The average Bonchev–Trinajstić information content (AvgIpc) is 2.97. The van der Waals surface area contributed by atoms with Gasteiger partial charge in [0.2, 0.25) is 10.0 Å². The highest BCUT2D eigenvalue weighted by Gasteiger charge is 2.21. The van der Waals surface area contributed by atoms with E-state index in [4.69, 9.17) is 9.47 Å². The average molecular weight is 587 g/mol. The lowest BCUT2D eigenvalue weighted by Gasteiger charge is -2.21. The van der Waals surface area contributed by atoms with Crippen LogP contribution in [-0.2, 0) is 19.6 Å². The summed E-state index contributed by atoms with van der Waals surface area (Å²) in [5.74, 6) is 0.743. The molecule has 4 aromatic carbocycles. The maximum atomic E-state index is 12.5. The van der Waals surface area contributed by atoms with Crippen molar-refractivity contribution >= 4 is 39.4 Å². The normalized spacial score (nSPS) is 11.1. The van der Waals surface area contributed by atoms with Crippen molar-refractivity contribution < 1.29 is 27.5 Å². The number of nitrogens with zero attached hydrogens (tertiary/aromatic N) is 2. The van der Waals surface area contributed by atoms with Crippen LogP contribution < -0.4 is 24.5 Å². The molecule has 216 valence electrons. The minimum Gasteiger partial charge on any atom is -0.484 e. The van der Waals surface area contributed by atoms with E-state index in [-0.39, 0.29) is 12.5 Å². The third-order valence-corrected chi connectivity index (χ3v) is 6.92. The highest BCUT2D eigenvalue weighted by Crippen LogP contribution is 2.25. The van der Waals surface area contributed by atoms with Crippen molar-refractivity contribution in [1.82, 2.24) is 5.43 Å². The van der Waals surface area contributed by atoms with E-state index in [2.05, 4.69) is 15.8 Å². The number of aryl methyl sites for hydroxylation is 1. The third-order valence-electron chi connectivity index (χ3n) is 5.78. The predicted molar refractivity (Wildman–Crippen MR) is 163 cm³/mol. The van der Waals surface area contributed by atoms with Crippen LogP contribution in [0.15, 0.2) is 108 Å². The van der Waals surface area contributed by atoms with Crippen LogP contribution in [-0.4, -0.2) is 45.9 Å². The van der Waals surface area contributed by atoms with Crippen LogP contribution >= 0.6 is 0 Å². The van der Waals surface area contributed by atoms with Crippen LogP contribution in [0.5, 0.6) is 17.2 Å². The Morgan fingerprint density at radius 2 is 1.43 bits per heavy atom. The number of para-hydroxylation sites is 1. The molecule has 0 radical (unpaired) electrons. The summed E-state index contributed by atoms with van der Waals surface area (Å²) in [5, 5.41) is 6.68. The summed E-state index contributed by atoms with van der Waals surface area (Å²) in [6.45, 7) is 1.34. The number of anilines is 2. The molecule has 0 atom stereocenters. The molecule has 0 aromatic heterocycles. The Bertz CT molecular complexity index is 1620. The van der Waals surface area contributed by atoms with Gasteiger partial charge in [-0.25, -0.2) is 13.8 Å². The highest BCUT2D eigenvalue weighted by molar-refractivity contribution is 7.92. The zero-order chi connectivity index (χ0) is 30.0. The molecule has 11 heteroatoms. The fraction of sp³-hybridized carbons (Fsp3) is 0.129. The summed E-state index contributed by atoms with van der Waals surface area (Å²) in [6.07, 6.45) is 2.43. The van der Waals surface area contributed by atoms with Crippen molar-refractivity contribution in [2.45, 2.75) is 6.92 Å². The fourth-order valence-electron chi connectivity index (χ4n) is 3.68. The largest absolute Gasteiger partial charge is 0.484 e. The summed E-state index contributed by atoms with van der Waals surface area (Å²) in [4.78, 5) is 24.6. The van der Waals surface area contributed by atoms with Gasteiger partial charge in [-0.2, -0.15) is 5.10 Å². The van der Waals surface area contributed by atoms with Gasteiger partial charge in [0.1, 0.15) is 23.8 Å². The molecule has 4 aromatic rings. The molecule has 0 heterocycles. The van der Waals surface area contributed by atoms with Crippen LogP contribution in [0, 0.1) is 6.92 Å². The second kappa shape index (κ2) is 14.0. The van der Waals surface area contributed by atoms with E-state index in [1.165, 1.54) is 6.21 Å². The Morgan fingerprint density at radius 3 is 2.07 bits per heavy atom. The molecule has 0 aliphatic heterocycles. The number of benzene rings is 4. The summed E-state index contributed by atoms with van der Waals surface area (Å²) < 4.78 is 37.1. The molecule has 2 N–H and O–H groups in total. The molecule has 42 heavy (non-hydrogen) atoms. The Balaban J connectivity index is 1.26. The van der Waals surface area contributed by atoms with Gasteiger partial charge < -0.3 is 14.8 Å². The number of hydrazone groups is 1. The number of rotatable bonds is 12. The molecule has 0 unspecified atom stereocenters. The molecule has 4 rings (SSSR count). The molecule has 0 aliphatic carbocycles. The maximum Gasteiger partial charge on any atom is 0.262 e. The van der Waals surface area contributed by atoms with Crippen molar-refractivity contribution in [3.63, 3.8) is 0 Å². The van der Waals surface area contributed by atoms with Crippen molar-refractivity contribution in [3.8, 4) is 17.2 Å². The van der Waals surface area contributed by atoms with Gasteiger partial charge >= 0.3 is 0 Å². The van der Waals surface area contributed by atoms with E-state index in [0.717, 1.165) is 16.1 Å². The second-order valence-electron chi connectivity index (χ2n) is 9.24. The second-order valence-corrected chi connectivity index (χ2v) is 11.2. The molecule has 10 nitrogen and oxygen atoms in total. The lowest BCUT2D eigenvalue weighted by molar-refractivity contribution is -0.119. The molecule has 0 fully saturated rings. The van der Waals surface area contributed by atoms with Crippen LogP contribution in [0.3, 0.4) is 0 Å². The van der Waals surface area contributed by atoms with E-state index in [9.17, 15) is 18.0 Å². The maximum absolute atomic E-state index is 12.5. The highest BCUT2D eigenvalue weighted by atomic mass is 32.2. The van der Waals surface area contributed by atoms with Gasteiger partial charge in [-0.3, -0.25) is 13.9 Å². The van der Waals surface area contributed by atoms with Gasteiger partial charge in [0, 0.05) is 5.69 Å². The van der Waals surface area contributed by atoms with Crippen LogP contribution in [0.1, 0.15) is 11.1 Å². The molecular formula is C31H30N4O6S. The Labute approximate surface area is 244 Å². The monoisotopic (exact) mass is 586 g/mol. The van der Waals surface area contributed by atoms with Gasteiger partial charge in [-0.05, 0) is 85.3 Å². The first kappa shape index (κ1) is 29.8. The minimum atomic E-state index is -3.76. The first-order valence-electron chi connectivity index (χ1n) is 12.9. The molecular weight excluding hydrogens is 556 g/mol. The summed E-state index contributed by atoms with van der Waals surface area (Å²) >= 11 is 0. The summed E-state index contributed by atoms with van der Waals surface area (Å²) in [5.41, 5.74) is 5.09. The van der Waals surface area contributed by atoms with Gasteiger partial charge in [0.05, 0.1) is 18.2 Å². The summed E-state index contributed by atoms with van der Waals surface area (Å²) in [6, 6.07) is 29.7. The Morgan fingerprint density at radius 1 is 0.810 bits per heavy atom. The first-order valence-corrected chi connectivity index (χ1v) is 14.7. The molecule has 0 spiro atoms. The van der Waals surface area contributed by atoms with E-state index >= 15 is 0 Å². The third kappa shape index (κ3) is 9.20. The number of carbonyl (C=O) groups is 2. The topological polar surface area (TPSA) is 126 Å². The van der Waals surface area contributed by atoms with Crippen LogP contribution in [0.2, 0.25) is 0 Å². The van der Waals surface area contributed by atoms with Crippen LogP contribution in [0.25, 0.3) is 0 Å². The van der Waals surface area contributed by atoms with E-state index in [0.29, 0.717) is 34.2 Å². The van der Waals surface area contributed by atoms with Gasteiger partial charge in [0.15, 0.2) is 6.61 Å². The van der Waals surface area contributed by atoms with Gasteiger partial charge in [0.25, 0.3) is 11.8 Å². The van der Waals surface area contributed by atoms with Gasteiger partial charge in [-0.1, -0.05) is 35.9 Å². The minimum absolute atomic E-state index is 0.156. The summed E-state index contributed by atoms with van der Waals surface area (Å²) in [7, 11) is -3.76. The number of carbonyl (C=O) groups excluding carboxylic acids is 2. The lowest BCUT2D eigenvalue weighted by Crippen LogP contribution is -2.38. The zero-order valence-corrected chi connectivity index (χ0v) is 23.9. The number of nitrogens with one attached hydrogen (secondary N) is 2. The number of sulfonamides is 1.